The maximum absolute atomic E-state index is 13.4. The van der Waals surface area contributed by atoms with Gasteiger partial charge in [-0.25, -0.2) is 13.1 Å². The molecule has 0 amide bonds. The van der Waals surface area contributed by atoms with Gasteiger partial charge in [-0.2, -0.15) is 5.10 Å². The van der Waals surface area contributed by atoms with Gasteiger partial charge in [0.2, 0.25) is 10.0 Å². The van der Waals surface area contributed by atoms with E-state index in [0.717, 1.165) is 16.5 Å². The van der Waals surface area contributed by atoms with Crippen LogP contribution in [0.4, 0.5) is 0 Å². The highest BCUT2D eigenvalue weighted by Gasteiger charge is 2.13. The monoisotopic (exact) mass is 436 g/mol. The minimum atomic E-state index is -3.48. The summed E-state index contributed by atoms with van der Waals surface area (Å²) in [4.78, 5) is 17.9. The fourth-order valence-corrected chi connectivity index (χ4v) is 4.74. The van der Waals surface area contributed by atoms with Gasteiger partial charge in [-0.05, 0) is 35.1 Å². The van der Waals surface area contributed by atoms with Crippen molar-refractivity contribution < 1.29 is 8.42 Å². The molecule has 2 heterocycles. The van der Waals surface area contributed by atoms with Gasteiger partial charge in [0.25, 0.3) is 0 Å². The molecule has 0 spiro atoms. The average Bonchev–Trinajstić information content (AvgIpc) is 3.11. The standard InChI is InChI=1S/C23H24N4O3S/c1-15(2)10-26-31(29,30)14-16-4-5-17-6-7-22-21(23(28)20(17)8-16)9-18(11-24-22)19-12-25-27(3)13-19/h4-9,11-13,15,26H,10,14H2,1-3H3. The molecule has 2 aromatic heterocycles. The number of rotatable bonds is 6. The summed E-state index contributed by atoms with van der Waals surface area (Å²) in [7, 11) is -1.66. The Labute approximate surface area is 180 Å². The Kier molecular flexibility index (Phi) is 5.60. The smallest absolute Gasteiger partial charge is 0.215 e. The molecular formula is C23H24N4O3S. The van der Waals surface area contributed by atoms with Crippen LogP contribution >= 0.6 is 0 Å². The van der Waals surface area contributed by atoms with Crippen molar-refractivity contribution in [1.29, 1.82) is 0 Å². The summed E-state index contributed by atoms with van der Waals surface area (Å²) in [6, 6.07) is 10.7. The second-order valence-corrected chi connectivity index (χ2v) is 9.95. The van der Waals surface area contributed by atoms with E-state index in [1.54, 1.807) is 35.3 Å². The van der Waals surface area contributed by atoms with Crippen LogP contribution in [0.15, 0.2) is 59.8 Å². The maximum Gasteiger partial charge on any atom is 0.215 e. The van der Waals surface area contributed by atoms with Gasteiger partial charge in [-0.15, -0.1) is 0 Å². The molecular weight excluding hydrogens is 412 g/mol. The zero-order valence-corrected chi connectivity index (χ0v) is 18.5. The number of nitrogens with zero attached hydrogens (tertiary/aromatic N) is 3. The first kappa shape index (κ1) is 21.1. The second-order valence-electron chi connectivity index (χ2n) is 8.14. The molecule has 0 radical (unpaired) electrons. The van der Waals surface area contributed by atoms with E-state index in [0.29, 0.717) is 28.4 Å². The summed E-state index contributed by atoms with van der Waals surface area (Å²) in [6.07, 6.45) is 5.31. The fourth-order valence-electron chi connectivity index (χ4n) is 3.43. The number of nitrogens with one attached hydrogen (secondary N) is 1. The first-order valence-corrected chi connectivity index (χ1v) is 11.7. The van der Waals surface area contributed by atoms with E-state index in [-0.39, 0.29) is 17.1 Å². The SMILES string of the molecule is CC(C)CNS(=O)(=O)Cc1ccc2ccc3ncc(-c4cnn(C)c4)cc3c(=O)c2c1. The highest BCUT2D eigenvalue weighted by atomic mass is 32.2. The molecule has 0 saturated heterocycles. The number of sulfonamides is 1. The predicted molar refractivity (Wildman–Crippen MR) is 123 cm³/mol. The molecule has 1 N–H and O–H groups in total. The molecule has 31 heavy (non-hydrogen) atoms. The highest BCUT2D eigenvalue weighted by molar-refractivity contribution is 7.88. The van der Waals surface area contributed by atoms with Gasteiger partial charge in [-0.1, -0.05) is 32.0 Å². The van der Waals surface area contributed by atoms with Crippen LogP contribution in [0, 0.1) is 5.92 Å². The number of pyridine rings is 1. The lowest BCUT2D eigenvalue weighted by Crippen LogP contribution is -2.28. The number of hydrogen-bond donors (Lipinski definition) is 1. The Morgan fingerprint density at radius 1 is 1.03 bits per heavy atom. The quantitative estimate of drug-likeness (QED) is 0.501. The van der Waals surface area contributed by atoms with Crippen LogP contribution in [-0.4, -0.2) is 29.7 Å². The van der Waals surface area contributed by atoms with E-state index >= 15 is 0 Å². The zero-order valence-electron chi connectivity index (χ0n) is 17.7. The molecule has 2 aromatic carbocycles. The first-order valence-electron chi connectivity index (χ1n) is 10.0. The topological polar surface area (TPSA) is 93.9 Å². The van der Waals surface area contributed by atoms with Crippen molar-refractivity contribution in [3.8, 4) is 11.1 Å². The van der Waals surface area contributed by atoms with Gasteiger partial charge in [0.1, 0.15) is 0 Å². The summed E-state index contributed by atoms with van der Waals surface area (Å²) < 4.78 is 29.1. The van der Waals surface area contributed by atoms with Crippen LogP contribution in [0.25, 0.3) is 32.8 Å². The molecule has 160 valence electrons. The summed E-state index contributed by atoms with van der Waals surface area (Å²) in [6.45, 7) is 4.27. The van der Waals surface area contributed by atoms with Crippen molar-refractivity contribution in [2.45, 2.75) is 19.6 Å². The Morgan fingerprint density at radius 3 is 2.52 bits per heavy atom. The summed E-state index contributed by atoms with van der Waals surface area (Å²) in [5, 5.41) is 5.87. The van der Waals surface area contributed by atoms with E-state index in [1.165, 1.54) is 0 Å². The van der Waals surface area contributed by atoms with Crippen LogP contribution in [0.5, 0.6) is 0 Å². The molecule has 8 heteroatoms. The molecule has 0 saturated carbocycles. The van der Waals surface area contributed by atoms with Gasteiger partial charge >= 0.3 is 0 Å². The van der Waals surface area contributed by atoms with E-state index in [4.69, 9.17) is 0 Å². The van der Waals surface area contributed by atoms with Crippen molar-refractivity contribution in [2.24, 2.45) is 13.0 Å². The van der Waals surface area contributed by atoms with Crippen molar-refractivity contribution in [3.05, 3.63) is 70.8 Å². The van der Waals surface area contributed by atoms with Gasteiger partial charge < -0.3 is 0 Å². The van der Waals surface area contributed by atoms with Crippen molar-refractivity contribution in [1.82, 2.24) is 19.5 Å². The molecule has 0 atom stereocenters. The first-order chi connectivity index (χ1) is 14.7. The average molecular weight is 437 g/mol. The number of hydrogen-bond acceptors (Lipinski definition) is 5. The Hall–Kier alpha value is -3.10. The lowest BCUT2D eigenvalue weighted by atomic mass is 10.1. The highest BCUT2D eigenvalue weighted by Crippen LogP contribution is 2.22. The molecule has 0 unspecified atom stereocenters. The minimum absolute atomic E-state index is 0.176. The van der Waals surface area contributed by atoms with Gasteiger partial charge in [-0.3, -0.25) is 14.5 Å². The third-order valence-electron chi connectivity index (χ3n) is 5.05. The summed E-state index contributed by atoms with van der Waals surface area (Å²) >= 11 is 0. The van der Waals surface area contributed by atoms with E-state index in [1.807, 2.05) is 45.3 Å². The van der Waals surface area contributed by atoms with E-state index in [9.17, 15) is 13.2 Å². The fraction of sp³-hybridized carbons (Fsp3) is 0.261. The van der Waals surface area contributed by atoms with Crippen LogP contribution in [0.3, 0.4) is 0 Å². The molecule has 7 nitrogen and oxygen atoms in total. The summed E-state index contributed by atoms with van der Waals surface area (Å²) in [5.41, 5.74) is 2.64. The van der Waals surface area contributed by atoms with Gasteiger partial charge in [0.05, 0.1) is 17.5 Å². The normalized spacial score (nSPS) is 12.1. The molecule has 0 aliphatic rings. The molecule has 0 bridgehead atoms. The number of fused-ring (bicyclic) bond motifs is 2. The van der Waals surface area contributed by atoms with E-state index < -0.39 is 10.0 Å². The molecule has 0 fully saturated rings. The van der Waals surface area contributed by atoms with Gasteiger partial charge in [0.15, 0.2) is 5.43 Å². The maximum atomic E-state index is 13.4. The van der Waals surface area contributed by atoms with Crippen molar-refractivity contribution in [2.75, 3.05) is 6.54 Å². The van der Waals surface area contributed by atoms with E-state index in [2.05, 4.69) is 14.8 Å². The third-order valence-corrected chi connectivity index (χ3v) is 6.37. The number of benzene rings is 1. The largest absolute Gasteiger partial charge is 0.289 e. The third kappa shape index (κ3) is 4.65. The van der Waals surface area contributed by atoms with Crippen molar-refractivity contribution >= 4 is 31.7 Å². The van der Waals surface area contributed by atoms with Crippen molar-refractivity contribution in [3.63, 3.8) is 0 Å². The number of aromatic nitrogens is 3. The van der Waals surface area contributed by atoms with Crippen LogP contribution in [0.2, 0.25) is 0 Å². The molecule has 4 aromatic rings. The predicted octanol–water partition coefficient (Wildman–Crippen LogP) is 3.22. The lowest BCUT2D eigenvalue weighted by molar-refractivity contribution is 0.559. The van der Waals surface area contributed by atoms with Crippen LogP contribution in [0.1, 0.15) is 19.4 Å². The Bertz CT molecular complexity index is 1440. The summed E-state index contributed by atoms with van der Waals surface area (Å²) in [5.74, 6) is 0.0386. The molecule has 0 aliphatic carbocycles. The Morgan fingerprint density at radius 2 is 1.81 bits per heavy atom. The van der Waals surface area contributed by atoms with Crippen LogP contribution < -0.4 is 10.2 Å². The Balaban J connectivity index is 1.81. The zero-order chi connectivity index (χ0) is 22.2. The minimum Gasteiger partial charge on any atom is -0.289 e. The van der Waals surface area contributed by atoms with Gasteiger partial charge in [0, 0.05) is 47.9 Å². The number of aryl methyl sites for hydroxylation is 1. The molecule has 0 aliphatic heterocycles. The lowest BCUT2D eigenvalue weighted by Gasteiger charge is -2.09. The second kappa shape index (κ2) is 8.20. The molecule has 4 rings (SSSR count). The van der Waals surface area contributed by atoms with Crippen LogP contribution in [-0.2, 0) is 22.8 Å².